The average Bonchev–Trinajstić information content (AvgIpc) is 2.85. The van der Waals surface area contributed by atoms with Crippen molar-refractivity contribution in [2.75, 3.05) is 13.6 Å². The van der Waals surface area contributed by atoms with Gasteiger partial charge in [0.1, 0.15) is 5.76 Å². The molecule has 0 fully saturated rings. The lowest BCUT2D eigenvalue weighted by atomic mass is 10.3. The number of hydrogen-bond acceptors (Lipinski definition) is 3. The van der Waals surface area contributed by atoms with Crippen molar-refractivity contribution in [3.8, 4) is 11.3 Å². The third kappa shape index (κ3) is 1.85. The third-order valence-corrected chi connectivity index (χ3v) is 2.03. The van der Waals surface area contributed by atoms with Crippen molar-refractivity contribution < 1.29 is 4.42 Å². The molecule has 0 aromatic carbocycles. The first kappa shape index (κ1) is 9.02. The molecule has 0 saturated heterocycles. The van der Waals surface area contributed by atoms with Gasteiger partial charge >= 0.3 is 0 Å². The molecule has 0 amide bonds. The van der Waals surface area contributed by atoms with Gasteiger partial charge in [0, 0.05) is 12.7 Å². The van der Waals surface area contributed by atoms with E-state index in [2.05, 4.69) is 10.4 Å². The normalized spacial score (nSPS) is 10.6. The van der Waals surface area contributed by atoms with Crippen LogP contribution in [-0.2, 0) is 6.54 Å². The van der Waals surface area contributed by atoms with Gasteiger partial charge in [-0.25, -0.2) is 0 Å². The molecule has 4 heteroatoms. The summed E-state index contributed by atoms with van der Waals surface area (Å²) in [4.78, 5) is 0. The van der Waals surface area contributed by atoms with Gasteiger partial charge in [0.05, 0.1) is 24.6 Å². The Hall–Kier alpha value is -1.55. The average molecular weight is 191 g/mol. The zero-order valence-corrected chi connectivity index (χ0v) is 8.10. The molecule has 0 spiro atoms. The first-order valence-corrected chi connectivity index (χ1v) is 4.61. The summed E-state index contributed by atoms with van der Waals surface area (Å²) in [7, 11) is 1.93. The molecule has 0 atom stereocenters. The lowest BCUT2D eigenvalue weighted by molar-refractivity contribution is 0.578. The van der Waals surface area contributed by atoms with Crippen LogP contribution in [-0.4, -0.2) is 23.4 Å². The quantitative estimate of drug-likeness (QED) is 0.793. The smallest absolute Gasteiger partial charge is 0.137 e. The van der Waals surface area contributed by atoms with Gasteiger partial charge < -0.3 is 9.73 Å². The minimum absolute atomic E-state index is 0.862. The highest BCUT2D eigenvalue weighted by molar-refractivity contribution is 5.54. The molecule has 0 unspecified atom stereocenters. The SMILES string of the molecule is CNCCn1cc(-c2ccco2)cn1. The van der Waals surface area contributed by atoms with Crippen LogP contribution < -0.4 is 5.32 Å². The molecule has 1 N–H and O–H groups in total. The van der Waals surface area contributed by atoms with E-state index in [-0.39, 0.29) is 0 Å². The fourth-order valence-corrected chi connectivity index (χ4v) is 1.28. The highest BCUT2D eigenvalue weighted by atomic mass is 16.3. The number of furan rings is 1. The fourth-order valence-electron chi connectivity index (χ4n) is 1.28. The molecule has 2 heterocycles. The predicted molar refractivity (Wildman–Crippen MR) is 53.9 cm³/mol. The van der Waals surface area contributed by atoms with E-state index in [1.807, 2.05) is 36.3 Å². The molecule has 0 saturated carbocycles. The molecule has 4 nitrogen and oxygen atoms in total. The van der Waals surface area contributed by atoms with Crippen LogP contribution >= 0.6 is 0 Å². The Morgan fingerprint density at radius 1 is 1.57 bits per heavy atom. The summed E-state index contributed by atoms with van der Waals surface area (Å²) in [5.41, 5.74) is 1.02. The maximum Gasteiger partial charge on any atom is 0.137 e. The second-order valence-corrected chi connectivity index (χ2v) is 3.07. The molecule has 2 aromatic heterocycles. The molecular formula is C10H13N3O. The standard InChI is InChI=1S/C10H13N3O/c1-11-4-5-13-8-9(7-12-13)10-3-2-6-14-10/h2-3,6-8,11H,4-5H2,1H3. The van der Waals surface area contributed by atoms with Gasteiger partial charge in [0.25, 0.3) is 0 Å². The van der Waals surface area contributed by atoms with Gasteiger partial charge in [0.15, 0.2) is 0 Å². The van der Waals surface area contributed by atoms with E-state index in [1.165, 1.54) is 0 Å². The van der Waals surface area contributed by atoms with Gasteiger partial charge in [0.2, 0.25) is 0 Å². The first-order valence-electron chi connectivity index (χ1n) is 4.61. The van der Waals surface area contributed by atoms with Crippen molar-refractivity contribution in [3.63, 3.8) is 0 Å². The van der Waals surface area contributed by atoms with E-state index in [9.17, 15) is 0 Å². The topological polar surface area (TPSA) is 43.0 Å². The first-order chi connectivity index (χ1) is 6.90. The number of rotatable bonds is 4. The van der Waals surface area contributed by atoms with Gasteiger partial charge in [-0.05, 0) is 19.2 Å². The maximum atomic E-state index is 5.27. The van der Waals surface area contributed by atoms with Crippen LogP contribution in [0, 0.1) is 0 Å². The Kier molecular flexibility index (Phi) is 2.65. The second kappa shape index (κ2) is 4.11. The Morgan fingerprint density at radius 3 is 3.21 bits per heavy atom. The Bertz CT molecular complexity index is 378. The van der Waals surface area contributed by atoms with Gasteiger partial charge in [-0.15, -0.1) is 0 Å². The second-order valence-electron chi connectivity index (χ2n) is 3.07. The van der Waals surface area contributed by atoms with Gasteiger partial charge in [-0.1, -0.05) is 0 Å². The number of hydrogen-bond donors (Lipinski definition) is 1. The molecule has 2 aromatic rings. The molecule has 2 rings (SSSR count). The summed E-state index contributed by atoms with van der Waals surface area (Å²) < 4.78 is 7.17. The summed E-state index contributed by atoms with van der Waals surface area (Å²) in [6, 6.07) is 3.81. The number of likely N-dealkylation sites (N-methyl/N-ethyl adjacent to an activating group) is 1. The van der Waals surface area contributed by atoms with Crippen LogP contribution in [0.3, 0.4) is 0 Å². The number of nitrogens with zero attached hydrogens (tertiary/aromatic N) is 2. The summed E-state index contributed by atoms with van der Waals surface area (Å²) in [6.07, 6.45) is 5.46. The fraction of sp³-hybridized carbons (Fsp3) is 0.300. The van der Waals surface area contributed by atoms with Gasteiger partial charge in [-0.2, -0.15) is 5.10 Å². The van der Waals surface area contributed by atoms with E-state index in [4.69, 9.17) is 4.42 Å². The van der Waals surface area contributed by atoms with Crippen molar-refractivity contribution in [3.05, 3.63) is 30.8 Å². The summed E-state index contributed by atoms with van der Waals surface area (Å²) in [6.45, 7) is 1.79. The van der Waals surface area contributed by atoms with Crippen LogP contribution in [0.1, 0.15) is 0 Å². The van der Waals surface area contributed by atoms with E-state index >= 15 is 0 Å². The Labute approximate surface area is 82.5 Å². The minimum Gasteiger partial charge on any atom is -0.464 e. The van der Waals surface area contributed by atoms with Gasteiger partial charge in [-0.3, -0.25) is 4.68 Å². The molecule has 0 bridgehead atoms. The molecule has 0 aliphatic heterocycles. The number of aromatic nitrogens is 2. The van der Waals surface area contributed by atoms with Crippen LogP contribution in [0.15, 0.2) is 35.2 Å². The van der Waals surface area contributed by atoms with E-state index < -0.39 is 0 Å². The highest BCUT2D eigenvalue weighted by Gasteiger charge is 2.02. The molecule has 14 heavy (non-hydrogen) atoms. The van der Waals surface area contributed by atoms with Crippen molar-refractivity contribution in [2.24, 2.45) is 0 Å². The van der Waals surface area contributed by atoms with Crippen LogP contribution in [0.2, 0.25) is 0 Å². The van der Waals surface area contributed by atoms with Crippen LogP contribution in [0.5, 0.6) is 0 Å². The lowest BCUT2D eigenvalue weighted by Crippen LogP contribution is -2.14. The van der Waals surface area contributed by atoms with E-state index in [1.54, 1.807) is 6.26 Å². The largest absolute Gasteiger partial charge is 0.464 e. The van der Waals surface area contributed by atoms with Crippen LogP contribution in [0.25, 0.3) is 11.3 Å². The highest BCUT2D eigenvalue weighted by Crippen LogP contribution is 2.18. The molecule has 0 radical (unpaired) electrons. The Morgan fingerprint density at radius 2 is 2.50 bits per heavy atom. The third-order valence-electron chi connectivity index (χ3n) is 2.03. The lowest BCUT2D eigenvalue weighted by Gasteiger charge is -1.98. The van der Waals surface area contributed by atoms with Crippen molar-refractivity contribution in [1.82, 2.24) is 15.1 Å². The summed E-state index contributed by atoms with van der Waals surface area (Å²) in [5, 5.41) is 7.30. The molecule has 0 aliphatic carbocycles. The maximum absolute atomic E-state index is 5.27. The monoisotopic (exact) mass is 191 g/mol. The van der Waals surface area contributed by atoms with E-state index in [0.29, 0.717) is 0 Å². The molecule has 74 valence electrons. The van der Waals surface area contributed by atoms with Crippen molar-refractivity contribution >= 4 is 0 Å². The number of nitrogens with one attached hydrogen (secondary N) is 1. The van der Waals surface area contributed by atoms with Crippen molar-refractivity contribution in [1.29, 1.82) is 0 Å². The van der Waals surface area contributed by atoms with Crippen molar-refractivity contribution in [2.45, 2.75) is 6.54 Å². The van der Waals surface area contributed by atoms with E-state index in [0.717, 1.165) is 24.4 Å². The summed E-state index contributed by atoms with van der Waals surface area (Å²) >= 11 is 0. The van der Waals surface area contributed by atoms with Crippen LogP contribution in [0.4, 0.5) is 0 Å². The Balaban J connectivity index is 2.10. The zero-order valence-electron chi connectivity index (χ0n) is 8.10. The molecule has 0 aliphatic rings. The molecular weight excluding hydrogens is 178 g/mol. The summed E-state index contributed by atoms with van der Waals surface area (Å²) in [5.74, 6) is 0.862. The predicted octanol–water partition coefficient (Wildman–Crippen LogP) is 1.36. The zero-order chi connectivity index (χ0) is 9.80. The minimum atomic E-state index is 0.862.